The maximum Gasteiger partial charge on any atom is 0.0787 e. The monoisotopic (exact) mass is 241 g/mol. The van der Waals surface area contributed by atoms with Gasteiger partial charge in [-0.1, -0.05) is 12.2 Å². The summed E-state index contributed by atoms with van der Waals surface area (Å²) >= 11 is 0. The summed E-state index contributed by atoms with van der Waals surface area (Å²) in [5.74, 6) is 0. The quantitative estimate of drug-likeness (QED) is 0.572. The van der Waals surface area contributed by atoms with E-state index in [2.05, 4.69) is 39.6 Å². The minimum Gasteiger partial charge on any atom is -0.376 e. The second-order valence-corrected chi connectivity index (χ2v) is 6.19. The van der Waals surface area contributed by atoms with Gasteiger partial charge in [0.2, 0.25) is 0 Å². The molecule has 1 atom stereocenters. The first kappa shape index (κ1) is 14.7. The second kappa shape index (κ2) is 5.51. The molecule has 0 aliphatic carbocycles. The molecular weight excluding hydrogens is 214 g/mol. The normalized spacial score (nSPS) is 26.1. The van der Waals surface area contributed by atoms with Gasteiger partial charge >= 0.3 is 0 Å². The van der Waals surface area contributed by atoms with Crippen LogP contribution in [0.2, 0.25) is 0 Å². The lowest BCUT2D eigenvalue weighted by Gasteiger charge is -2.27. The van der Waals surface area contributed by atoms with Gasteiger partial charge in [-0.3, -0.25) is 0 Å². The van der Waals surface area contributed by atoms with Crippen molar-refractivity contribution in [2.24, 2.45) is 0 Å². The molecule has 0 aromatic heterocycles. The van der Waals surface area contributed by atoms with Crippen molar-refractivity contribution in [1.29, 1.82) is 0 Å². The molecular formula is C14H27NO2. The highest BCUT2D eigenvalue weighted by Gasteiger charge is 2.45. The Morgan fingerprint density at radius 3 is 2.53 bits per heavy atom. The van der Waals surface area contributed by atoms with Gasteiger partial charge in [-0.05, 0) is 41.0 Å². The van der Waals surface area contributed by atoms with Crippen molar-refractivity contribution in [1.82, 2.24) is 5.32 Å². The van der Waals surface area contributed by atoms with E-state index in [0.717, 1.165) is 25.1 Å². The Morgan fingerprint density at radius 2 is 2.06 bits per heavy atom. The molecule has 100 valence electrons. The summed E-state index contributed by atoms with van der Waals surface area (Å²) in [6.45, 7) is 16.6. The average Bonchev–Trinajstić information content (AvgIpc) is 2.33. The third kappa shape index (κ3) is 4.78. The van der Waals surface area contributed by atoms with Gasteiger partial charge in [0.1, 0.15) is 0 Å². The minimum absolute atomic E-state index is 0.0280. The molecule has 3 nitrogen and oxygen atoms in total. The molecule has 0 aromatic rings. The number of hydrogen-bond acceptors (Lipinski definition) is 3. The van der Waals surface area contributed by atoms with Crippen molar-refractivity contribution >= 4 is 0 Å². The van der Waals surface area contributed by atoms with Crippen molar-refractivity contribution in [2.45, 2.75) is 58.3 Å². The Morgan fingerprint density at radius 1 is 1.41 bits per heavy atom. The van der Waals surface area contributed by atoms with Gasteiger partial charge in [0.05, 0.1) is 24.4 Å². The Kier molecular flexibility index (Phi) is 4.76. The molecule has 1 unspecified atom stereocenters. The van der Waals surface area contributed by atoms with Crippen LogP contribution < -0.4 is 5.32 Å². The van der Waals surface area contributed by atoms with E-state index in [9.17, 15) is 0 Å². The van der Waals surface area contributed by atoms with Crippen LogP contribution in [-0.2, 0) is 9.47 Å². The lowest BCUT2D eigenvalue weighted by molar-refractivity contribution is -0.0700. The largest absolute Gasteiger partial charge is 0.376 e. The second-order valence-electron chi connectivity index (χ2n) is 6.19. The van der Waals surface area contributed by atoms with Gasteiger partial charge in [0.25, 0.3) is 0 Å². The number of hydrogen-bond donors (Lipinski definition) is 1. The van der Waals surface area contributed by atoms with Gasteiger partial charge in [-0.25, -0.2) is 0 Å². The molecule has 0 saturated carbocycles. The molecule has 1 aliphatic rings. The molecule has 1 aliphatic heterocycles. The first-order valence-corrected chi connectivity index (χ1v) is 6.39. The summed E-state index contributed by atoms with van der Waals surface area (Å²) in [7, 11) is 0. The first-order valence-electron chi connectivity index (χ1n) is 6.39. The van der Waals surface area contributed by atoms with Gasteiger partial charge in [-0.15, -0.1) is 0 Å². The van der Waals surface area contributed by atoms with Crippen molar-refractivity contribution in [3.8, 4) is 0 Å². The van der Waals surface area contributed by atoms with Crippen molar-refractivity contribution in [2.75, 3.05) is 19.8 Å². The van der Waals surface area contributed by atoms with Crippen molar-refractivity contribution in [3.63, 3.8) is 0 Å². The molecule has 1 saturated heterocycles. The summed E-state index contributed by atoms with van der Waals surface area (Å²) in [5, 5.41) is 3.52. The Hall–Kier alpha value is -0.380. The van der Waals surface area contributed by atoms with Gasteiger partial charge in [0.15, 0.2) is 0 Å². The van der Waals surface area contributed by atoms with Crippen molar-refractivity contribution < 1.29 is 9.47 Å². The van der Waals surface area contributed by atoms with Crippen LogP contribution in [0.25, 0.3) is 0 Å². The SMILES string of the molecule is C=C(C)COCCNC1CC(C)(C)OC1(C)C. The average molecular weight is 241 g/mol. The summed E-state index contributed by atoms with van der Waals surface area (Å²) in [4.78, 5) is 0. The summed E-state index contributed by atoms with van der Waals surface area (Å²) in [5.41, 5.74) is 0.938. The zero-order valence-electron chi connectivity index (χ0n) is 11.9. The van der Waals surface area contributed by atoms with E-state index >= 15 is 0 Å². The first-order chi connectivity index (χ1) is 7.73. The van der Waals surface area contributed by atoms with E-state index < -0.39 is 0 Å². The van der Waals surface area contributed by atoms with Gasteiger partial charge < -0.3 is 14.8 Å². The highest BCUT2D eigenvalue weighted by Crippen LogP contribution is 2.36. The Bertz CT molecular complexity index is 271. The predicted octanol–water partition coefficient (Wildman–Crippen LogP) is 2.51. The summed E-state index contributed by atoms with van der Waals surface area (Å²) in [6.07, 6.45) is 1.04. The topological polar surface area (TPSA) is 30.5 Å². The highest BCUT2D eigenvalue weighted by molar-refractivity contribution is 4.98. The molecule has 1 N–H and O–H groups in total. The molecule has 3 heteroatoms. The molecule has 0 amide bonds. The zero-order chi connectivity index (χ0) is 13.1. The molecule has 17 heavy (non-hydrogen) atoms. The van der Waals surface area contributed by atoms with E-state index in [-0.39, 0.29) is 11.2 Å². The number of rotatable bonds is 6. The molecule has 0 aromatic carbocycles. The van der Waals surface area contributed by atoms with Crippen LogP contribution in [0.4, 0.5) is 0 Å². The number of ether oxygens (including phenoxy) is 2. The Balaban J connectivity index is 2.25. The third-order valence-electron chi connectivity index (χ3n) is 3.06. The maximum absolute atomic E-state index is 6.03. The molecule has 1 rings (SSSR count). The van der Waals surface area contributed by atoms with E-state index in [4.69, 9.17) is 9.47 Å². The minimum atomic E-state index is -0.0994. The van der Waals surface area contributed by atoms with E-state index in [0.29, 0.717) is 12.6 Å². The summed E-state index contributed by atoms with van der Waals surface area (Å²) in [6, 6.07) is 0.394. The third-order valence-corrected chi connectivity index (χ3v) is 3.06. The van der Waals surface area contributed by atoms with Crippen LogP contribution in [0.5, 0.6) is 0 Å². The maximum atomic E-state index is 6.03. The molecule has 0 bridgehead atoms. The standard InChI is InChI=1S/C14H27NO2/c1-11(2)10-16-8-7-15-12-9-13(3,4)17-14(12,5)6/h12,15H,1,7-10H2,2-6H3. The fraction of sp³-hybridized carbons (Fsp3) is 0.857. The fourth-order valence-electron chi connectivity index (χ4n) is 2.43. The summed E-state index contributed by atoms with van der Waals surface area (Å²) < 4.78 is 11.5. The van der Waals surface area contributed by atoms with Gasteiger partial charge in [-0.2, -0.15) is 0 Å². The van der Waals surface area contributed by atoms with Crippen LogP contribution in [-0.4, -0.2) is 37.0 Å². The van der Waals surface area contributed by atoms with E-state index in [1.165, 1.54) is 0 Å². The van der Waals surface area contributed by atoms with Crippen LogP contribution in [0, 0.1) is 0 Å². The lowest BCUT2D eigenvalue weighted by atomic mass is 9.94. The van der Waals surface area contributed by atoms with Crippen LogP contribution >= 0.6 is 0 Å². The number of nitrogens with one attached hydrogen (secondary N) is 1. The predicted molar refractivity (Wildman–Crippen MR) is 71.3 cm³/mol. The molecule has 1 heterocycles. The van der Waals surface area contributed by atoms with Crippen LogP contribution in [0.1, 0.15) is 41.0 Å². The lowest BCUT2D eigenvalue weighted by Crippen LogP contribution is -2.44. The fourth-order valence-corrected chi connectivity index (χ4v) is 2.43. The van der Waals surface area contributed by atoms with Crippen LogP contribution in [0.15, 0.2) is 12.2 Å². The zero-order valence-corrected chi connectivity index (χ0v) is 11.9. The highest BCUT2D eigenvalue weighted by atomic mass is 16.5. The van der Waals surface area contributed by atoms with Gasteiger partial charge in [0, 0.05) is 12.6 Å². The smallest absolute Gasteiger partial charge is 0.0787 e. The molecule has 0 radical (unpaired) electrons. The Labute approximate surface area is 106 Å². The molecule has 0 spiro atoms. The van der Waals surface area contributed by atoms with E-state index in [1.807, 2.05) is 6.92 Å². The van der Waals surface area contributed by atoms with Crippen molar-refractivity contribution in [3.05, 3.63) is 12.2 Å². The van der Waals surface area contributed by atoms with Crippen LogP contribution in [0.3, 0.4) is 0 Å². The van der Waals surface area contributed by atoms with E-state index in [1.54, 1.807) is 0 Å². The molecule has 1 fully saturated rings.